The molecule has 1 fully saturated rings. The van der Waals surface area contributed by atoms with Crippen molar-refractivity contribution < 1.29 is 0 Å². The Bertz CT molecular complexity index is 357. The number of aromatic nitrogens is 2. The summed E-state index contributed by atoms with van der Waals surface area (Å²) in [6.45, 7) is 4.85. The van der Waals surface area contributed by atoms with Gasteiger partial charge in [0.2, 0.25) is 4.47 Å². The van der Waals surface area contributed by atoms with E-state index in [1.807, 2.05) is 0 Å². The Morgan fingerprint density at radius 1 is 1.47 bits per heavy atom. The molecule has 96 valence electrons. The molecule has 17 heavy (non-hydrogen) atoms. The summed E-state index contributed by atoms with van der Waals surface area (Å²) in [5.74, 6) is 0.637. The van der Waals surface area contributed by atoms with Gasteiger partial charge in [0.25, 0.3) is 0 Å². The van der Waals surface area contributed by atoms with Gasteiger partial charge in [-0.3, -0.25) is 4.90 Å². The molecule has 0 saturated heterocycles. The second-order valence-corrected chi connectivity index (χ2v) is 6.15. The summed E-state index contributed by atoms with van der Waals surface area (Å²) in [5, 5.41) is 8.94. The van der Waals surface area contributed by atoms with E-state index in [4.69, 9.17) is 17.3 Å². The molecule has 2 atom stereocenters. The zero-order valence-electron chi connectivity index (χ0n) is 10.1. The first kappa shape index (κ1) is 13.2. The SMILES string of the molecule is CCN(Cc1nnc(Cl)s1)C1CCCC1CN. The highest BCUT2D eigenvalue weighted by molar-refractivity contribution is 7.15. The molecule has 1 aliphatic carbocycles. The van der Waals surface area contributed by atoms with Crippen molar-refractivity contribution in [3.05, 3.63) is 9.47 Å². The largest absolute Gasteiger partial charge is 0.330 e. The molecular weight excluding hydrogens is 256 g/mol. The van der Waals surface area contributed by atoms with Crippen molar-refractivity contribution in [2.24, 2.45) is 11.7 Å². The molecule has 6 heteroatoms. The maximum Gasteiger partial charge on any atom is 0.207 e. The average molecular weight is 275 g/mol. The third-order valence-electron chi connectivity index (χ3n) is 3.58. The number of hydrogen-bond acceptors (Lipinski definition) is 5. The first-order valence-corrected chi connectivity index (χ1v) is 7.36. The molecule has 0 radical (unpaired) electrons. The lowest BCUT2D eigenvalue weighted by Crippen LogP contribution is -2.39. The van der Waals surface area contributed by atoms with Gasteiger partial charge >= 0.3 is 0 Å². The van der Waals surface area contributed by atoms with Gasteiger partial charge in [-0.1, -0.05) is 24.7 Å². The smallest absolute Gasteiger partial charge is 0.207 e. The van der Waals surface area contributed by atoms with Gasteiger partial charge in [0.05, 0.1) is 6.54 Å². The van der Waals surface area contributed by atoms with E-state index in [-0.39, 0.29) is 0 Å². The molecule has 1 saturated carbocycles. The standard InChI is InChI=1S/C11H19ClN4S/c1-2-16(7-10-14-15-11(12)17-10)9-5-3-4-8(9)6-13/h8-9H,2-7,13H2,1H3. The van der Waals surface area contributed by atoms with E-state index in [1.54, 1.807) is 0 Å². The van der Waals surface area contributed by atoms with Crippen LogP contribution in [0.5, 0.6) is 0 Å². The molecule has 1 heterocycles. The van der Waals surface area contributed by atoms with Gasteiger partial charge in [0.1, 0.15) is 5.01 Å². The third kappa shape index (κ3) is 3.16. The summed E-state index contributed by atoms with van der Waals surface area (Å²) in [7, 11) is 0. The Labute approximate surface area is 111 Å². The van der Waals surface area contributed by atoms with Crippen molar-refractivity contribution in [3.63, 3.8) is 0 Å². The topological polar surface area (TPSA) is 55.0 Å². The van der Waals surface area contributed by atoms with Gasteiger partial charge in [-0.05, 0) is 43.5 Å². The molecule has 0 aromatic carbocycles. The summed E-state index contributed by atoms with van der Waals surface area (Å²) in [6, 6.07) is 0.604. The van der Waals surface area contributed by atoms with E-state index in [0.29, 0.717) is 16.4 Å². The van der Waals surface area contributed by atoms with Crippen LogP contribution in [0, 0.1) is 5.92 Å². The first-order chi connectivity index (χ1) is 8.24. The fourth-order valence-electron chi connectivity index (χ4n) is 2.71. The van der Waals surface area contributed by atoms with Crippen molar-refractivity contribution in [1.82, 2.24) is 15.1 Å². The zero-order chi connectivity index (χ0) is 12.3. The quantitative estimate of drug-likeness (QED) is 0.894. The predicted octanol–water partition coefficient (Wildman–Crippen LogP) is 2.14. The van der Waals surface area contributed by atoms with E-state index in [2.05, 4.69) is 22.0 Å². The first-order valence-electron chi connectivity index (χ1n) is 6.16. The van der Waals surface area contributed by atoms with E-state index >= 15 is 0 Å². The fraction of sp³-hybridized carbons (Fsp3) is 0.818. The predicted molar refractivity (Wildman–Crippen MR) is 71.2 cm³/mol. The molecule has 1 aromatic rings. The highest BCUT2D eigenvalue weighted by Gasteiger charge is 2.30. The highest BCUT2D eigenvalue weighted by atomic mass is 35.5. The summed E-state index contributed by atoms with van der Waals surface area (Å²) in [5.41, 5.74) is 5.84. The molecule has 0 bridgehead atoms. The molecule has 0 spiro atoms. The van der Waals surface area contributed by atoms with Crippen molar-refractivity contribution in [2.75, 3.05) is 13.1 Å². The number of hydrogen-bond donors (Lipinski definition) is 1. The van der Waals surface area contributed by atoms with Crippen molar-refractivity contribution in [1.29, 1.82) is 0 Å². The van der Waals surface area contributed by atoms with E-state index < -0.39 is 0 Å². The van der Waals surface area contributed by atoms with Crippen molar-refractivity contribution in [2.45, 2.75) is 38.8 Å². The van der Waals surface area contributed by atoms with Crippen molar-refractivity contribution in [3.8, 4) is 0 Å². The monoisotopic (exact) mass is 274 g/mol. The molecule has 1 aliphatic rings. The van der Waals surface area contributed by atoms with Gasteiger partial charge in [0, 0.05) is 6.04 Å². The van der Waals surface area contributed by atoms with Gasteiger partial charge in [-0.15, -0.1) is 10.2 Å². The molecular formula is C11H19ClN4S. The number of halogens is 1. The van der Waals surface area contributed by atoms with Crippen LogP contribution in [0.15, 0.2) is 0 Å². The Kier molecular flexibility index (Phi) is 4.73. The second kappa shape index (κ2) is 6.09. The van der Waals surface area contributed by atoms with Crippen LogP contribution in [-0.4, -0.2) is 34.2 Å². The Morgan fingerprint density at radius 2 is 2.29 bits per heavy atom. The van der Waals surface area contributed by atoms with Gasteiger partial charge < -0.3 is 5.73 Å². The summed E-state index contributed by atoms with van der Waals surface area (Å²) in [6.07, 6.45) is 3.80. The Morgan fingerprint density at radius 3 is 2.88 bits per heavy atom. The van der Waals surface area contributed by atoms with E-state index in [0.717, 1.165) is 24.6 Å². The highest BCUT2D eigenvalue weighted by Crippen LogP contribution is 2.30. The minimum absolute atomic E-state index is 0.526. The number of rotatable bonds is 5. The zero-order valence-corrected chi connectivity index (χ0v) is 11.7. The maximum atomic E-state index is 5.84. The molecule has 2 unspecified atom stereocenters. The molecule has 0 aliphatic heterocycles. The van der Waals surface area contributed by atoms with Gasteiger partial charge in [-0.25, -0.2) is 0 Å². The Hall–Kier alpha value is -0.230. The summed E-state index contributed by atoms with van der Waals surface area (Å²) >= 11 is 7.28. The minimum Gasteiger partial charge on any atom is -0.330 e. The normalized spacial score (nSPS) is 24.7. The Balaban J connectivity index is 2.00. The van der Waals surface area contributed by atoms with E-state index in [9.17, 15) is 0 Å². The minimum atomic E-state index is 0.526. The van der Waals surface area contributed by atoms with Crippen LogP contribution in [0.3, 0.4) is 0 Å². The van der Waals surface area contributed by atoms with Crippen LogP contribution < -0.4 is 5.73 Å². The molecule has 2 N–H and O–H groups in total. The van der Waals surface area contributed by atoms with Crippen LogP contribution in [0.25, 0.3) is 0 Å². The lowest BCUT2D eigenvalue weighted by atomic mass is 10.0. The summed E-state index contributed by atoms with van der Waals surface area (Å²) in [4.78, 5) is 2.46. The maximum absolute atomic E-state index is 5.84. The number of nitrogens with two attached hydrogens (primary N) is 1. The van der Waals surface area contributed by atoms with Crippen LogP contribution in [0.1, 0.15) is 31.2 Å². The lowest BCUT2D eigenvalue weighted by molar-refractivity contribution is 0.161. The van der Waals surface area contributed by atoms with Crippen molar-refractivity contribution >= 4 is 22.9 Å². The summed E-state index contributed by atoms with van der Waals surface area (Å²) < 4.78 is 0.526. The van der Waals surface area contributed by atoms with Crippen LogP contribution in [-0.2, 0) is 6.54 Å². The fourth-order valence-corrected chi connectivity index (χ4v) is 3.60. The van der Waals surface area contributed by atoms with Gasteiger partial charge in [-0.2, -0.15) is 0 Å². The number of nitrogens with zero attached hydrogens (tertiary/aromatic N) is 3. The van der Waals surface area contributed by atoms with Crippen LogP contribution in [0.4, 0.5) is 0 Å². The van der Waals surface area contributed by atoms with Gasteiger partial charge in [0.15, 0.2) is 0 Å². The lowest BCUT2D eigenvalue weighted by Gasteiger charge is -2.30. The second-order valence-electron chi connectivity index (χ2n) is 4.51. The molecule has 1 aromatic heterocycles. The molecule has 0 amide bonds. The average Bonchev–Trinajstić information content (AvgIpc) is 2.94. The van der Waals surface area contributed by atoms with Crippen LogP contribution >= 0.6 is 22.9 Å². The van der Waals surface area contributed by atoms with Crippen LogP contribution in [0.2, 0.25) is 4.47 Å². The van der Waals surface area contributed by atoms with E-state index in [1.165, 1.54) is 30.6 Å². The molecule has 2 rings (SSSR count). The molecule has 4 nitrogen and oxygen atoms in total. The third-order valence-corrected chi connectivity index (χ3v) is 4.58.